The van der Waals surface area contributed by atoms with Crippen LogP contribution in [0.25, 0.3) is 0 Å². The first kappa shape index (κ1) is 18.9. The number of rotatable bonds is 6. The lowest BCUT2D eigenvalue weighted by molar-refractivity contribution is -0.122. The SMILES string of the molecule is CNC(=O)CN1CCC(CN(C)c2cc(C(C)=O)ccc2C#N)CC1. The van der Waals surface area contributed by atoms with Crippen LogP contribution in [0, 0.1) is 17.2 Å². The van der Waals surface area contributed by atoms with Gasteiger partial charge in [0.2, 0.25) is 5.91 Å². The number of Topliss-reactive ketones (excluding diaryl/α,β-unsaturated/α-hetero) is 1. The Morgan fingerprint density at radius 1 is 1.36 bits per heavy atom. The summed E-state index contributed by atoms with van der Waals surface area (Å²) in [5, 5.41) is 12.0. The van der Waals surface area contributed by atoms with Crippen molar-refractivity contribution in [2.24, 2.45) is 5.92 Å². The monoisotopic (exact) mass is 342 g/mol. The van der Waals surface area contributed by atoms with Crippen molar-refractivity contribution in [1.82, 2.24) is 10.2 Å². The standard InChI is InChI=1S/C19H26N4O2/c1-14(24)16-4-5-17(11-20)18(10-16)22(3)12-15-6-8-23(9-7-15)13-19(25)21-2/h4-5,10,15H,6-9,12-13H2,1-3H3,(H,21,25). The molecule has 1 aromatic carbocycles. The van der Waals surface area contributed by atoms with Crippen LogP contribution in [0.5, 0.6) is 0 Å². The van der Waals surface area contributed by atoms with Crippen LogP contribution in [0.1, 0.15) is 35.7 Å². The molecule has 0 radical (unpaired) electrons. The predicted molar refractivity (Wildman–Crippen MR) is 97.7 cm³/mol. The van der Waals surface area contributed by atoms with Crippen molar-refractivity contribution in [1.29, 1.82) is 5.26 Å². The maximum absolute atomic E-state index is 11.6. The zero-order valence-corrected chi connectivity index (χ0v) is 15.2. The van der Waals surface area contributed by atoms with Gasteiger partial charge in [-0.15, -0.1) is 0 Å². The van der Waals surface area contributed by atoms with Crippen molar-refractivity contribution < 1.29 is 9.59 Å². The van der Waals surface area contributed by atoms with Crippen LogP contribution in [0.4, 0.5) is 5.69 Å². The molecule has 134 valence electrons. The number of ketones is 1. The summed E-state index contributed by atoms with van der Waals surface area (Å²) in [4.78, 5) is 27.3. The number of hydrogen-bond donors (Lipinski definition) is 1. The van der Waals surface area contributed by atoms with Gasteiger partial charge in [-0.3, -0.25) is 14.5 Å². The Labute approximate surface area is 149 Å². The average molecular weight is 342 g/mol. The number of anilines is 1. The molecular formula is C19H26N4O2. The number of carbonyl (C=O) groups excluding carboxylic acids is 2. The minimum Gasteiger partial charge on any atom is -0.373 e. The molecule has 0 atom stereocenters. The molecule has 0 aliphatic carbocycles. The fraction of sp³-hybridized carbons (Fsp3) is 0.526. The maximum Gasteiger partial charge on any atom is 0.233 e. The smallest absolute Gasteiger partial charge is 0.233 e. The van der Waals surface area contributed by atoms with Gasteiger partial charge in [-0.05, 0) is 57.0 Å². The molecule has 25 heavy (non-hydrogen) atoms. The molecule has 1 aliphatic rings. The number of nitrogens with zero attached hydrogens (tertiary/aromatic N) is 3. The Hall–Kier alpha value is -2.39. The van der Waals surface area contributed by atoms with E-state index in [1.807, 2.05) is 13.1 Å². The summed E-state index contributed by atoms with van der Waals surface area (Å²) in [6, 6.07) is 7.44. The summed E-state index contributed by atoms with van der Waals surface area (Å²) in [6.07, 6.45) is 2.05. The molecule has 2 rings (SSSR count). The third kappa shape index (κ3) is 5.04. The highest BCUT2D eigenvalue weighted by Gasteiger charge is 2.22. The molecule has 0 saturated carbocycles. The number of carbonyl (C=O) groups is 2. The van der Waals surface area contributed by atoms with Gasteiger partial charge in [0.15, 0.2) is 5.78 Å². The zero-order valence-electron chi connectivity index (χ0n) is 15.2. The maximum atomic E-state index is 11.6. The first-order valence-electron chi connectivity index (χ1n) is 8.63. The molecule has 1 aliphatic heterocycles. The summed E-state index contributed by atoms with van der Waals surface area (Å²) in [7, 11) is 3.63. The van der Waals surface area contributed by atoms with Crippen LogP contribution in [-0.4, -0.2) is 56.9 Å². The minimum atomic E-state index is 0.00153. The lowest BCUT2D eigenvalue weighted by atomic mass is 9.95. The molecular weight excluding hydrogens is 316 g/mol. The molecule has 1 saturated heterocycles. The molecule has 0 spiro atoms. The number of likely N-dealkylation sites (N-methyl/N-ethyl adjacent to an activating group) is 1. The molecule has 6 nitrogen and oxygen atoms in total. The van der Waals surface area contributed by atoms with Gasteiger partial charge in [0, 0.05) is 26.2 Å². The number of likely N-dealkylation sites (tertiary alicyclic amines) is 1. The molecule has 0 bridgehead atoms. The van der Waals surface area contributed by atoms with Gasteiger partial charge in [-0.1, -0.05) is 0 Å². The van der Waals surface area contributed by atoms with E-state index in [0.717, 1.165) is 38.2 Å². The normalized spacial score (nSPS) is 15.4. The van der Waals surface area contributed by atoms with E-state index in [0.29, 0.717) is 23.6 Å². The summed E-state index contributed by atoms with van der Waals surface area (Å²) in [5.41, 5.74) is 2.02. The van der Waals surface area contributed by atoms with E-state index < -0.39 is 0 Å². The quantitative estimate of drug-likeness (QED) is 0.796. The second-order valence-electron chi connectivity index (χ2n) is 6.67. The first-order chi connectivity index (χ1) is 11.9. The second-order valence-corrected chi connectivity index (χ2v) is 6.67. The van der Waals surface area contributed by atoms with E-state index >= 15 is 0 Å². The Bertz CT molecular complexity index is 672. The number of nitriles is 1. The Morgan fingerprint density at radius 3 is 2.60 bits per heavy atom. The third-order valence-corrected chi connectivity index (χ3v) is 4.82. The van der Waals surface area contributed by atoms with Gasteiger partial charge in [0.25, 0.3) is 0 Å². The van der Waals surface area contributed by atoms with E-state index in [4.69, 9.17) is 0 Å². The number of benzene rings is 1. The van der Waals surface area contributed by atoms with E-state index in [1.54, 1.807) is 19.2 Å². The fourth-order valence-corrected chi connectivity index (χ4v) is 3.26. The van der Waals surface area contributed by atoms with Gasteiger partial charge < -0.3 is 10.2 Å². The molecule has 1 N–H and O–H groups in total. The second kappa shape index (κ2) is 8.63. The minimum absolute atomic E-state index is 0.00153. The van der Waals surface area contributed by atoms with Gasteiger partial charge >= 0.3 is 0 Å². The van der Waals surface area contributed by atoms with Crippen molar-refractivity contribution in [2.45, 2.75) is 19.8 Å². The summed E-state index contributed by atoms with van der Waals surface area (Å²) in [6.45, 7) is 4.64. The van der Waals surface area contributed by atoms with Crippen LogP contribution in [0.15, 0.2) is 18.2 Å². The molecule has 0 unspecified atom stereocenters. The summed E-state index contributed by atoms with van der Waals surface area (Å²) < 4.78 is 0. The number of hydrogen-bond acceptors (Lipinski definition) is 5. The molecule has 6 heteroatoms. The van der Waals surface area contributed by atoms with Gasteiger partial charge in [-0.25, -0.2) is 0 Å². The summed E-state index contributed by atoms with van der Waals surface area (Å²) >= 11 is 0. The number of nitrogens with one attached hydrogen (secondary N) is 1. The highest BCUT2D eigenvalue weighted by atomic mass is 16.2. The van der Waals surface area contributed by atoms with Crippen LogP contribution >= 0.6 is 0 Å². The molecule has 1 amide bonds. The lowest BCUT2D eigenvalue weighted by Crippen LogP contribution is -2.42. The van der Waals surface area contributed by atoms with E-state index in [1.165, 1.54) is 6.92 Å². The molecule has 1 aromatic rings. The Morgan fingerprint density at radius 2 is 2.04 bits per heavy atom. The van der Waals surface area contributed by atoms with Crippen molar-refractivity contribution in [3.63, 3.8) is 0 Å². The fourth-order valence-electron chi connectivity index (χ4n) is 3.26. The summed E-state index contributed by atoms with van der Waals surface area (Å²) in [5.74, 6) is 0.565. The topological polar surface area (TPSA) is 76.4 Å². The molecule has 1 fully saturated rings. The lowest BCUT2D eigenvalue weighted by Gasteiger charge is -2.34. The molecule has 1 heterocycles. The molecule has 0 aromatic heterocycles. The number of piperidine rings is 1. The van der Waals surface area contributed by atoms with Crippen LogP contribution < -0.4 is 10.2 Å². The van der Waals surface area contributed by atoms with Crippen molar-refractivity contribution in [2.75, 3.05) is 45.2 Å². The largest absolute Gasteiger partial charge is 0.373 e. The van der Waals surface area contributed by atoms with Crippen LogP contribution in [0.3, 0.4) is 0 Å². The van der Waals surface area contributed by atoms with Gasteiger partial charge in [0.1, 0.15) is 6.07 Å². The Balaban J connectivity index is 1.98. The zero-order chi connectivity index (χ0) is 18.4. The van der Waals surface area contributed by atoms with Crippen LogP contribution in [0.2, 0.25) is 0 Å². The van der Waals surface area contributed by atoms with Gasteiger partial charge in [0.05, 0.1) is 17.8 Å². The number of amides is 1. The first-order valence-corrected chi connectivity index (χ1v) is 8.63. The average Bonchev–Trinajstić information content (AvgIpc) is 2.62. The van der Waals surface area contributed by atoms with Crippen molar-refractivity contribution >= 4 is 17.4 Å². The highest BCUT2D eigenvalue weighted by Crippen LogP contribution is 2.25. The van der Waals surface area contributed by atoms with E-state index in [-0.39, 0.29) is 11.7 Å². The van der Waals surface area contributed by atoms with Crippen molar-refractivity contribution in [3.8, 4) is 6.07 Å². The van der Waals surface area contributed by atoms with Crippen LogP contribution in [-0.2, 0) is 4.79 Å². The van der Waals surface area contributed by atoms with Crippen molar-refractivity contribution in [3.05, 3.63) is 29.3 Å². The van der Waals surface area contributed by atoms with E-state index in [2.05, 4.69) is 21.2 Å². The highest BCUT2D eigenvalue weighted by molar-refractivity contribution is 5.95. The van der Waals surface area contributed by atoms with Gasteiger partial charge in [-0.2, -0.15) is 5.26 Å². The van der Waals surface area contributed by atoms with E-state index in [9.17, 15) is 14.9 Å². The third-order valence-electron chi connectivity index (χ3n) is 4.82. The predicted octanol–water partition coefficient (Wildman–Crippen LogP) is 1.66. The Kier molecular flexibility index (Phi) is 6.54.